The van der Waals surface area contributed by atoms with Crippen molar-refractivity contribution >= 4 is 40.0 Å². The number of carbonyl (C=O) groups excluding carboxylic acids is 1. The maximum absolute atomic E-state index is 12.4. The van der Waals surface area contributed by atoms with Gasteiger partial charge in [0, 0.05) is 12.3 Å². The minimum atomic E-state index is -0.202. The summed E-state index contributed by atoms with van der Waals surface area (Å²) in [6.07, 6.45) is 2.14. The van der Waals surface area contributed by atoms with E-state index in [4.69, 9.17) is 10.5 Å². The van der Waals surface area contributed by atoms with Crippen LogP contribution in [0.2, 0.25) is 0 Å². The van der Waals surface area contributed by atoms with Crippen LogP contribution in [0.25, 0.3) is 0 Å². The Hall–Kier alpha value is -2.09. The number of aromatic nitrogens is 3. The first kappa shape index (κ1) is 18.7. The number of thioether (sulfide) groups is 1. The number of nitrogens with one attached hydrogen (secondary N) is 1. The minimum Gasteiger partial charge on any atom is -0.376 e. The maximum atomic E-state index is 12.4. The minimum absolute atomic E-state index is 0.112. The fraction of sp³-hybridized carbons (Fsp3) is 0.500. The molecule has 3 rings (SSSR count). The lowest BCUT2D eigenvalue weighted by Gasteiger charge is -2.16. The third-order valence-corrected chi connectivity index (χ3v) is 6.24. The molecule has 138 valence electrons. The van der Waals surface area contributed by atoms with Crippen LogP contribution in [-0.4, -0.2) is 39.1 Å². The lowest BCUT2D eigenvalue weighted by atomic mass is 10.2. The number of ether oxygens (including phenoxy) is 1. The van der Waals surface area contributed by atoms with Gasteiger partial charge in [-0.25, -0.2) is 0 Å². The number of anilines is 2. The van der Waals surface area contributed by atoms with Gasteiger partial charge in [0.05, 0.1) is 24.0 Å². The predicted molar refractivity (Wildman–Crippen MR) is 101 cm³/mol. The van der Waals surface area contributed by atoms with Crippen molar-refractivity contribution in [1.29, 1.82) is 5.26 Å². The molecule has 1 aliphatic rings. The molecule has 10 heteroatoms. The lowest BCUT2D eigenvalue weighted by Crippen LogP contribution is -2.22. The highest BCUT2D eigenvalue weighted by Crippen LogP contribution is 2.29. The van der Waals surface area contributed by atoms with Gasteiger partial charge in [-0.3, -0.25) is 4.79 Å². The molecular weight excluding hydrogens is 372 g/mol. The zero-order valence-corrected chi connectivity index (χ0v) is 16.2. The Morgan fingerprint density at radius 3 is 2.96 bits per heavy atom. The summed E-state index contributed by atoms with van der Waals surface area (Å²) in [7, 11) is 0. The second kappa shape index (κ2) is 8.07. The van der Waals surface area contributed by atoms with E-state index in [2.05, 4.69) is 21.6 Å². The summed E-state index contributed by atoms with van der Waals surface area (Å²) in [5.74, 6) is 0.509. The Morgan fingerprint density at radius 1 is 1.54 bits per heavy atom. The molecule has 3 N–H and O–H groups in total. The zero-order valence-electron chi connectivity index (χ0n) is 14.6. The van der Waals surface area contributed by atoms with Crippen LogP contribution in [0.5, 0.6) is 0 Å². The summed E-state index contributed by atoms with van der Waals surface area (Å²) < 4.78 is 8.34. The van der Waals surface area contributed by atoms with Crippen LogP contribution in [0.1, 0.15) is 29.7 Å². The molecule has 0 unspecified atom stereocenters. The van der Waals surface area contributed by atoms with Gasteiger partial charge in [0.15, 0.2) is 4.34 Å². The van der Waals surface area contributed by atoms with Crippen molar-refractivity contribution in [2.24, 2.45) is 0 Å². The maximum Gasteiger partial charge on any atom is 0.235 e. The van der Waals surface area contributed by atoms with E-state index in [-0.39, 0.29) is 17.8 Å². The fourth-order valence-electron chi connectivity index (χ4n) is 2.92. The Kier molecular flexibility index (Phi) is 5.80. The second-order valence-electron chi connectivity index (χ2n) is 6.03. The molecule has 0 saturated carbocycles. The summed E-state index contributed by atoms with van der Waals surface area (Å²) in [6, 6.07) is 2.21. The van der Waals surface area contributed by atoms with Crippen LogP contribution in [0, 0.1) is 25.2 Å². The van der Waals surface area contributed by atoms with Gasteiger partial charge >= 0.3 is 0 Å². The van der Waals surface area contributed by atoms with Gasteiger partial charge in [0.25, 0.3) is 0 Å². The highest BCUT2D eigenvalue weighted by atomic mass is 32.2. The van der Waals surface area contributed by atoms with E-state index in [0.29, 0.717) is 27.4 Å². The van der Waals surface area contributed by atoms with Gasteiger partial charge < -0.3 is 20.4 Å². The molecule has 1 atom stereocenters. The number of nitrogen functional groups attached to an aromatic ring is 1. The molecule has 2 aromatic heterocycles. The topological polar surface area (TPSA) is 119 Å². The van der Waals surface area contributed by atoms with Crippen molar-refractivity contribution < 1.29 is 9.53 Å². The monoisotopic (exact) mass is 392 g/mol. The van der Waals surface area contributed by atoms with Crippen LogP contribution >= 0.6 is 23.1 Å². The summed E-state index contributed by atoms with van der Waals surface area (Å²) in [5.41, 5.74) is 7.89. The molecule has 3 heterocycles. The Balaban J connectivity index is 1.75. The van der Waals surface area contributed by atoms with E-state index in [1.165, 1.54) is 23.1 Å². The third kappa shape index (κ3) is 4.00. The molecule has 0 aliphatic carbocycles. The highest BCUT2D eigenvalue weighted by molar-refractivity contribution is 8.01. The van der Waals surface area contributed by atoms with Crippen molar-refractivity contribution in [3.63, 3.8) is 0 Å². The molecule has 0 bridgehead atoms. The SMILES string of the molecule is Cc1c(C#N)c(NC(=O)CSc2nnc(N)s2)n(C[C@@H]2CCCO2)c1C. The van der Waals surface area contributed by atoms with Crippen molar-refractivity contribution in [1.82, 2.24) is 14.8 Å². The number of nitrogens with zero attached hydrogens (tertiary/aromatic N) is 4. The second-order valence-corrected chi connectivity index (χ2v) is 8.27. The quantitative estimate of drug-likeness (QED) is 0.724. The van der Waals surface area contributed by atoms with Gasteiger partial charge in [-0.2, -0.15) is 5.26 Å². The van der Waals surface area contributed by atoms with E-state index in [1.807, 2.05) is 18.4 Å². The molecule has 0 radical (unpaired) electrons. The van der Waals surface area contributed by atoms with Crippen molar-refractivity contribution in [3.8, 4) is 6.07 Å². The molecule has 1 fully saturated rings. The zero-order chi connectivity index (χ0) is 18.7. The number of hydrogen-bond acceptors (Lipinski definition) is 8. The molecule has 1 aliphatic heterocycles. The van der Waals surface area contributed by atoms with E-state index >= 15 is 0 Å². The largest absolute Gasteiger partial charge is 0.376 e. The van der Waals surface area contributed by atoms with Crippen molar-refractivity contribution in [3.05, 3.63) is 16.8 Å². The van der Waals surface area contributed by atoms with Gasteiger partial charge in [0.1, 0.15) is 11.9 Å². The number of nitriles is 1. The van der Waals surface area contributed by atoms with Crippen molar-refractivity contribution in [2.75, 3.05) is 23.4 Å². The summed E-state index contributed by atoms with van der Waals surface area (Å²) >= 11 is 2.51. The van der Waals surface area contributed by atoms with E-state index in [0.717, 1.165) is 30.7 Å². The highest BCUT2D eigenvalue weighted by Gasteiger charge is 2.24. The summed E-state index contributed by atoms with van der Waals surface area (Å²) in [6.45, 7) is 5.25. The standard InChI is InChI=1S/C16H20N6O2S2/c1-9-10(2)22(7-11-4-3-5-24-11)14(12(9)6-17)19-13(23)8-25-16-21-20-15(18)26-16/h11H,3-5,7-8H2,1-2H3,(H2,18,20)(H,19,23)/t11-/m0/s1. The summed E-state index contributed by atoms with van der Waals surface area (Å²) in [4.78, 5) is 12.4. The number of hydrogen-bond donors (Lipinski definition) is 2. The number of carbonyl (C=O) groups is 1. The Bertz CT molecular complexity index is 848. The van der Waals surface area contributed by atoms with Gasteiger partial charge in [0.2, 0.25) is 11.0 Å². The molecule has 26 heavy (non-hydrogen) atoms. The van der Waals surface area contributed by atoms with Crippen molar-refractivity contribution in [2.45, 2.75) is 43.7 Å². The van der Waals surface area contributed by atoms with Gasteiger partial charge in [-0.15, -0.1) is 10.2 Å². The average Bonchev–Trinajstić information content (AvgIpc) is 3.32. The van der Waals surface area contributed by atoms with Crippen LogP contribution in [0.4, 0.5) is 10.9 Å². The Labute approximate surface area is 159 Å². The molecule has 1 saturated heterocycles. The van der Waals surface area contributed by atoms with Crippen LogP contribution in [-0.2, 0) is 16.1 Å². The fourth-order valence-corrected chi connectivity index (χ4v) is 4.36. The number of amides is 1. The van der Waals surface area contributed by atoms with E-state index < -0.39 is 0 Å². The van der Waals surface area contributed by atoms with Crippen LogP contribution < -0.4 is 11.1 Å². The smallest absolute Gasteiger partial charge is 0.235 e. The molecule has 0 spiro atoms. The predicted octanol–water partition coefficient (Wildman–Crippen LogP) is 2.32. The Morgan fingerprint density at radius 2 is 2.35 bits per heavy atom. The summed E-state index contributed by atoms with van der Waals surface area (Å²) in [5, 5.41) is 20.4. The average molecular weight is 393 g/mol. The molecule has 8 nitrogen and oxygen atoms in total. The molecule has 0 aromatic carbocycles. The van der Waals surface area contributed by atoms with E-state index in [1.54, 1.807) is 0 Å². The van der Waals surface area contributed by atoms with Gasteiger partial charge in [-0.1, -0.05) is 23.1 Å². The van der Waals surface area contributed by atoms with Crippen LogP contribution in [0.15, 0.2) is 4.34 Å². The normalized spacial score (nSPS) is 16.6. The first-order chi connectivity index (χ1) is 12.5. The third-order valence-electron chi connectivity index (χ3n) is 4.36. The van der Waals surface area contributed by atoms with Crippen LogP contribution in [0.3, 0.4) is 0 Å². The molecule has 2 aromatic rings. The first-order valence-corrected chi connectivity index (χ1v) is 10.0. The molecular formula is C16H20N6O2S2. The lowest BCUT2D eigenvalue weighted by molar-refractivity contribution is -0.113. The molecule has 1 amide bonds. The van der Waals surface area contributed by atoms with E-state index in [9.17, 15) is 10.1 Å². The first-order valence-electron chi connectivity index (χ1n) is 8.22. The number of nitrogens with two attached hydrogens (primary N) is 1. The number of rotatable bonds is 6. The van der Waals surface area contributed by atoms with Gasteiger partial charge in [-0.05, 0) is 32.3 Å².